The Morgan fingerprint density at radius 2 is 1.93 bits per heavy atom. The Morgan fingerprint density at radius 1 is 1.11 bits per heavy atom. The van der Waals surface area contributed by atoms with Crippen molar-refractivity contribution in [1.29, 1.82) is 0 Å². The number of rotatable bonds is 6. The van der Waals surface area contributed by atoms with E-state index in [0.717, 1.165) is 50.7 Å². The zero-order valence-electron chi connectivity index (χ0n) is 15.6. The fourth-order valence-electron chi connectivity index (χ4n) is 3.35. The van der Waals surface area contributed by atoms with Gasteiger partial charge in [-0.25, -0.2) is 8.78 Å². The molecule has 1 atom stereocenters. The van der Waals surface area contributed by atoms with Gasteiger partial charge in [0.05, 0.1) is 0 Å². The summed E-state index contributed by atoms with van der Waals surface area (Å²) in [6.45, 7) is 3.27. The van der Waals surface area contributed by atoms with Crippen molar-refractivity contribution in [3.8, 4) is 0 Å². The summed E-state index contributed by atoms with van der Waals surface area (Å²) >= 11 is 0. The molecule has 2 aromatic carbocycles. The third-order valence-corrected chi connectivity index (χ3v) is 4.88. The average Bonchev–Trinajstić information content (AvgIpc) is 3.16. The second-order valence-electron chi connectivity index (χ2n) is 6.81. The molecule has 0 aliphatic carbocycles. The zero-order chi connectivity index (χ0) is 19.1. The lowest BCUT2D eigenvalue weighted by Crippen LogP contribution is -2.41. The van der Waals surface area contributed by atoms with Crippen LogP contribution in [0.3, 0.4) is 0 Å². The molecule has 0 aromatic heterocycles. The normalized spacial score (nSPS) is 17.2. The molecule has 0 amide bonds. The maximum atomic E-state index is 13.4. The highest BCUT2D eigenvalue weighted by atomic mass is 19.2. The lowest BCUT2D eigenvalue weighted by Gasteiger charge is -2.19. The molecule has 4 nitrogen and oxygen atoms in total. The van der Waals surface area contributed by atoms with Crippen molar-refractivity contribution in [2.24, 2.45) is 10.9 Å². The minimum atomic E-state index is -0.804. The largest absolute Gasteiger partial charge is 0.371 e. The summed E-state index contributed by atoms with van der Waals surface area (Å²) in [7, 11) is 1.76. The van der Waals surface area contributed by atoms with Crippen LogP contribution in [0.15, 0.2) is 53.5 Å². The number of guanidine groups is 1. The summed E-state index contributed by atoms with van der Waals surface area (Å²) in [4.78, 5) is 6.37. The monoisotopic (exact) mass is 372 g/mol. The van der Waals surface area contributed by atoms with Crippen LogP contribution in [-0.2, 0) is 6.42 Å². The predicted octanol–water partition coefficient (Wildman–Crippen LogP) is 3.20. The summed E-state index contributed by atoms with van der Waals surface area (Å²) in [5.74, 6) is -0.373. The molecule has 3 rings (SSSR count). The fraction of sp³-hybridized carbons (Fsp3) is 0.381. The first-order valence-electron chi connectivity index (χ1n) is 9.34. The van der Waals surface area contributed by atoms with E-state index in [9.17, 15) is 8.78 Å². The molecule has 1 unspecified atom stereocenters. The summed E-state index contributed by atoms with van der Waals surface area (Å²) in [5.41, 5.74) is 2.03. The first kappa shape index (κ1) is 19.1. The molecule has 1 aliphatic rings. The van der Waals surface area contributed by atoms with Crippen molar-refractivity contribution in [1.82, 2.24) is 10.6 Å². The maximum absolute atomic E-state index is 13.4. The number of hydrogen-bond donors (Lipinski definition) is 2. The number of aliphatic imine (C=N–C) groups is 1. The standard InChI is InChI=1S/C21H26F2N4/c1-24-21(25-11-9-16-5-3-2-4-6-16)26-14-17-10-12-27(15-17)18-7-8-19(22)20(23)13-18/h2-8,13,17H,9-12,14-15H2,1H3,(H2,24,25,26). The first-order valence-corrected chi connectivity index (χ1v) is 9.34. The van der Waals surface area contributed by atoms with Crippen LogP contribution in [0.2, 0.25) is 0 Å². The quantitative estimate of drug-likeness (QED) is 0.604. The van der Waals surface area contributed by atoms with Crippen LogP contribution in [0, 0.1) is 17.6 Å². The van der Waals surface area contributed by atoms with Crippen LogP contribution in [0.5, 0.6) is 0 Å². The molecule has 1 fully saturated rings. The molecule has 0 bridgehead atoms. The molecule has 0 radical (unpaired) electrons. The zero-order valence-corrected chi connectivity index (χ0v) is 15.6. The van der Waals surface area contributed by atoms with Crippen LogP contribution < -0.4 is 15.5 Å². The van der Waals surface area contributed by atoms with E-state index in [2.05, 4.69) is 32.7 Å². The molecular weight excluding hydrogens is 346 g/mol. The van der Waals surface area contributed by atoms with Gasteiger partial charge < -0.3 is 15.5 Å². The predicted molar refractivity (Wildman–Crippen MR) is 106 cm³/mol. The summed E-state index contributed by atoms with van der Waals surface area (Å²) in [6.07, 6.45) is 1.95. The molecule has 144 valence electrons. The Morgan fingerprint density at radius 3 is 2.67 bits per heavy atom. The number of benzene rings is 2. The lowest BCUT2D eigenvalue weighted by molar-refractivity contribution is 0.508. The third-order valence-electron chi connectivity index (χ3n) is 4.88. The third kappa shape index (κ3) is 5.42. The highest BCUT2D eigenvalue weighted by Gasteiger charge is 2.23. The van der Waals surface area contributed by atoms with E-state index in [1.165, 1.54) is 17.7 Å². The minimum Gasteiger partial charge on any atom is -0.371 e. The van der Waals surface area contributed by atoms with Crippen LogP contribution in [0.4, 0.5) is 14.5 Å². The molecule has 6 heteroatoms. The van der Waals surface area contributed by atoms with Crippen molar-refractivity contribution >= 4 is 11.6 Å². The van der Waals surface area contributed by atoms with Gasteiger partial charge in [-0.1, -0.05) is 30.3 Å². The molecule has 1 saturated heterocycles. The number of halogens is 2. The van der Waals surface area contributed by atoms with Crippen molar-refractivity contribution in [2.45, 2.75) is 12.8 Å². The van der Waals surface area contributed by atoms with Crippen LogP contribution in [0.1, 0.15) is 12.0 Å². The van der Waals surface area contributed by atoms with Crippen molar-refractivity contribution in [3.63, 3.8) is 0 Å². The molecular formula is C21H26F2N4. The van der Waals surface area contributed by atoms with Gasteiger partial charge in [0.15, 0.2) is 17.6 Å². The van der Waals surface area contributed by atoms with Gasteiger partial charge >= 0.3 is 0 Å². The molecule has 0 saturated carbocycles. The van der Waals surface area contributed by atoms with Gasteiger partial charge in [-0.15, -0.1) is 0 Å². The molecule has 2 N–H and O–H groups in total. The number of nitrogens with one attached hydrogen (secondary N) is 2. The van der Waals surface area contributed by atoms with Crippen molar-refractivity contribution in [3.05, 3.63) is 65.7 Å². The van der Waals surface area contributed by atoms with E-state index >= 15 is 0 Å². The van der Waals surface area contributed by atoms with Crippen LogP contribution >= 0.6 is 0 Å². The Hall–Kier alpha value is -2.63. The molecule has 1 aliphatic heterocycles. The van der Waals surface area contributed by atoms with Gasteiger partial charge in [-0.05, 0) is 36.5 Å². The number of hydrogen-bond acceptors (Lipinski definition) is 2. The Labute approximate surface area is 159 Å². The van der Waals surface area contributed by atoms with Crippen LogP contribution in [-0.4, -0.2) is 39.2 Å². The second kappa shape index (κ2) is 9.35. The van der Waals surface area contributed by atoms with Gasteiger partial charge in [0.1, 0.15) is 0 Å². The highest BCUT2D eigenvalue weighted by molar-refractivity contribution is 5.79. The second-order valence-corrected chi connectivity index (χ2v) is 6.81. The Bertz CT molecular complexity index is 764. The van der Waals surface area contributed by atoms with Crippen LogP contribution in [0.25, 0.3) is 0 Å². The molecule has 27 heavy (non-hydrogen) atoms. The number of anilines is 1. The molecule has 2 aromatic rings. The van der Waals surface area contributed by atoms with Gasteiger partial charge in [0, 0.05) is 45.0 Å². The maximum Gasteiger partial charge on any atom is 0.190 e. The van der Waals surface area contributed by atoms with E-state index in [4.69, 9.17) is 0 Å². The summed E-state index contributed by atoms with van der Waals surface area (Å²) < 4.78 is 26.5. The van der Waals surface area contributed by atoms with Gasteiger partial charge in [0.2, 0.25) is 0 Å². The topological polar surface area (TPSA) is 39.7 Å². The van der Waals surface area contributed by atoms with E-state index < -0.39 is 11.6 Å². The van der Waals surface area contributed by atoms with Crippen molar-refractivity contribution in [2.75, 3.05) is 38.1 Å². The van der Waals surface area contributed by atoms with Crippen molar-refractivity contribution < 1.29 is 8.78 Å². The van der Waals surface area contributed by atoms with E-state index in [0.29, 0.717) is 5.92 Å². The number of nitrogens with zero attached hydrogens (tertiary/aromatic N) is 2. The summed E-state index contributed by atoms with van der Waals surface area (Å²) in [6, 6.07) is 14.4. The first-order chi connectivity index (χ1) is 13.2. The summed E-state index contributed by atoms with van der Waals surface area (Å²) in [5, 5.41) is 6.70. The fourth-order valence-corrected chi connectivity index (χ4v) is 3.35. The highest BCUT2D eigenvalue weighted by Crippen LogP contribution is 2.24. The van der Waals surface area contributed by atoms with E-state index in [1.54, 1.807) is 13.1 Å². The average molecular weight is 372 g/mol. The Balaban J connectivity index is 1.42. The molecule has 1 heterocycles. The SMILES string of the molecule is CN=C(NCCc1ccccc1)NCC1CCN(c2ccc(F)c(F)c2)C1. The van der Waals surface area contributed by atoms with Gasteiger partial charge in [0.25, 0.3) is 0 Å². The Kier molecular flexibility index (Phi) is 6.63. The van der Waals surface area contributed by atoms with E-state index in [-0.39, 0.29) is 0 Å². The van der Waals surface area contributed by atoms with Gasteiger partial charge in [-0.2, -0.15) is 0 Å². The molecule has 0 spiro atoms. The minimum absolute atomic E-state index is 0.436. The van der Waals surface area contributed by atoms with E-state index in [1.807, 2.05) is 18.2 Å². The smallest absolute Gasteiger partial charge is 0.190 e. The lowest BCUT2D eigenvalue weighted by atomic mass is 10.1. The van der Waals surface area contributed by atoms with Gasteiger partial charge in [-0.3, -0.25) is 4.99 Å².